The number of carboxylic acids is 1. The number of aromatic nitrogens is 2. The van der Waals surface area contributed by atoms with E-state index in [-0.39, 0.29) is 0 Å². The van der Waals surface area contributed by atoms with E-state index >= 15 is 0 Å². The number of carbonyl (C=O) groups excluding carboxylic acids is 1. The van der Waals surface area contributed by atoms with Crippen molar-refractivity contribution in [1.82, 2.24) is 14.7 Å². The van der Waals surface area contributed by atoms with Crippen LogP contribution < -0.4 is 5.32 Å². The van der Waals surface area contributed by atoms with Crippen LogP contribution in [0, 0.1) is 6.92 Å². The number of nitrogens with one attached hydrogen (secondary N) is 1. The number of pyridine rings is 1. The Bertz CT molecular complexity index is 755. The quantitative estimate of drug-likeness (QED) is 0.805. The Balaban J connectivity index is 2.48. The standard InChI is InChI=1S/C16H20BrN3O3/c1-4-6-12(16(22)23)19-15(21)13-11(5-2)18-14-9(3)7-10(17)8-20(13)14/h7-8,12H,4-6H2,1-3H3,(H,19,21)(H,22,23). The number of halogens is 1. The molecule has 7 heteroatoms. The van der Waals surface area contributed by atoms with Gasteiger partial charge in [-0.25, -0.2) is 9.78 Å². The molecule has 0 saturated heterocycles. The molecule has 0 aliphatic carbocycles. The summed E-state index contributed by atoms with van der Waals surface area (Å²) in [5, 5.41) is 11.8. The smallest absolute Gasteiger partial charge is 0.326 e. The molecule has 2 N–H and O–H groups in total. The van der Waals surface area contributed by atoms with E-state index in [1.165, 1.54) is 0 Å². The minimum Gasteiger partial charge on any atom is -0.480 e. The first-order valence-corrected chi connectivity index (χ1v) is 8.39. The summed E-state index contributed by atoms with van der Waals surface area (Å²) in [4.78, 5) is 28.5. The molecule has 0 spiro atoms. The molecule has 1 atom stereocenters. The fourth-order valence-electron chi connectivity index (χ4n) is 2.58. The second kappa shape index (κ2) is 7.12. The molecule has 124 valence electrons. The number of aliphatic carboxylic acids is 1. The van der Waals surface area contributed by atoms with Gasteiger partial charge in [-0.05, 0) is 47.3 Å². The van der Waals surface area contributed by atoms with E-state index in [0.717, 1.165) is 10.0 Å². The number of fused-ring (bicyclic) bond motifs is 1. The number of nitrogens with zero attached hydrogens (tertiary/aromatic N) is 2. The zero-order chi connectivity index (χ0) is 17.1. The van der Waals surface area contributed by atoms with Crippen LogP contribution in [0.2, 0.25) is 0 Å². The predicted octanol–water partition coefficient (Wildman–Crippen LogP) is 2.95. The van der Waals surface area contributed by atoms with Crippen molar-refractivity contribution in [3.05, 3.63) is 33.7 Å². The van der Waals surface area contributed by atoms with Gasteiger partial charge in [0.2, 0.25) is 0 Å². The largest absolute Gasteiger partial charge is 0.480 e. The number of amides is 1. The highest BCUT2D eigenvalue weighted by molar-refractivity contribution is 9.10. The lowest BCUT2D eigenvalue weighted by Crippen LogP contribution is -2.41. The van der Waals surface area contributed by atoms with Crippen molar-refractivity contribution in [1.29, 1.82) is 0 Å². The van der Waals surface area contributed by atoms with Crippen LogP contribution in [0.25, 0.3) is 5.65 Å². The van der Waals surface area contributed by atoms with Crippen molar-refractivity contribution in [2.75, 3.05) is 0 Å². The maximum Gasteiger partial charge on any atom is 0.326 e. The van der Waals surface area contributed by atoms with E-state index in [0.29, 0.717) is 36.3 Å². The highest BCUT2D eigenvalue weighted by Crippen LogP contribution is 2.21. The maximum absolute atomic E-state index is 12.7. The number of carboxylic acid groups (broad SMARTS) is 1. The highest BCUT2D eigenvalue weighted by atomic mass is 79.9. The molecular formula is C16H20BrN3O3. The molecule has 2 rings (SSSR count). The van der Waals surface area contributed by atoms with Crippen LogP contribution >= 0.6 is 15.9 Å². The van der Waals surface area contributed by atoms with Gasteiger partial charge in [-0.2, -0.15) is 0 Å². The fourth-order valence-corrected chi connectivity index (χ4v) is 3.12. The number of hydrogen-bond acceptors (Lipinski definition) is 3. The van der Waals surface area contributed by atoms with Gasteiger partial charge in [0.05, 0.1) is 5.69 Å². The number of rotatable bonds is 6. The summed E-state index contributed by atoms with van der Waals surface area (Å²) in [6, 6.07) is 1.04. The molecule has 1 unspecified atom stereocenters. The SMILES string of the molecule is CCCC(NC(=O)c1c(CC)nc2c(C)cc(Br)cn12)C(=O)O. The number of hydrogen-bond donors (Lipinski definition) is 2. The number of carbonyl (C=O) groups is 2. The van der Waals surface area contributed by atoms with E-state index in [4.69, 9.17) is 0 Å². The van der Waals surface area contributed by atoms with E-state index in [9.17, 15) is 14.7 Å². The summed E-state index contributed by atoms with van der Waals surface area (Å²) in [5.74, 6) is -1.43. The Morgan fingerprint density at radius 2 is 2.13 bits per heavy atom. The van der Waals surface area contributed by atoms with Crippen LogP contribution in [0.15, 0.2) is 16.7 Å². The molecule has 0 bridgehead atoms. The van der Waals surface area contributed by atoms with Crippen LogP contribution in [0.1, 0.15) is 48.4 Å². The summed E-state index contributed by atoms with van der Waals surface area (Å²) in [5.41, 5.74) is 2.70. The van der Waals surface area contributed by atoms with E-state index in [1.807, 2.05) is 26.8 Å². The summed E-state index contributed by atoms with van der Waals surface area (Å²) in [7, 11) is 0. The third kappa shape index (κ3) is 3.55. The van der Waals surface area contributed by atoms with Gasteiger partial charge in [-0.3, -0.25) is 9.20 Å². The molecule has 23 heavy (non-hydrogen) atoms. The van der Waals surface area contributed by atoms with Gasteiger partial charge in [-0.1, -0.05) is 20.3 Å². The third-order valence-corrected chi connectivity index (χ3v) is 4.11. The molecule has 1 amide bonds. The number of imidazole rings is 1. The molecule has 0 saturated carbocycles. The highest BCUT2D eigenvalue weighted by Gasteiger charge is 2.24. The maximum atomic E-state index is 12.7. The van der Waals surface area contributed by atoms with Gasteiger partial charge >= 0.3 is 5.97 Å². The van der Waals surface area contributed by atoms with Crippen molar-refractivity contribution in [2.24, 2.45) is 0 Å². The Kier molecular flexibility index (Phi) is 5.41. The Labute approximate surface area is 143 Å². The van der Waals surface area contributed by atoms with E-state index in [2.05, 4.69) is 26.2 Å². The monoisotopic (exact) mass is 381 g/mol. The predicted molar refractivity (Wildman–Crippen MR) is 90.8 cm³/mol. The van der Waals surface area contributed by atoms with Gasteiger partial charge < -0.3 is 10.4 Å². The molecule has 0 fully saturated rings. The molecule has 0 aliphatic heterocycles. The second-order valence-electron chi connectivity index (χ2n) is 5.45. The lowest BCUT2D eigenvalue weighted by atomic mass is 10.1. The molecule has 2 aromatic rings. The molecule has 6 nitrogen and oxygen atoms in total. The molecule has 0 aromatic carbocycles. The summed E-state index contributed by atoms with van der Waals surface area (Å²) < 4.78 is 2.55. The minimum absolute atomic E-state index is 0.391. The lowest BCUT2D eigenvalue weighted by Gasteiger charge is -2.14. The van der Waals surface area contributed by atoms with Gasteiger partial charge in [0, 0.05) is 10.7 Å². The van der Waals surface area contributed by atoms with Crippen LogP contribution in [-0.2, 0) is 11.2 Å². The summed E-state index contributed by atoms with van der Waals surface area (Å²) >= 11 is 3.42. The first-order chi connectivity index (χ1) is 10.9. The Hall–Kier alpha value is -1.89. The van der Waals surface area contributed by atoms with Crippen LogP contribution in [-0.4, -0.2) is 32.4 Å². The minimum atomic E-state index is -1.02. The molecule has 2 aromatic heterocycles. The first kappa shape index (κ1) is 17.5. The molecule has 2 heterocycles. The van der Waals surface area contributed by atoms with Crippen molar-refractivity contribution in [3.63, 3.8) is 0 Å². The van der Waals surface area contributed by atoms with Crippen LogP contribution in [0.5, 0.6) is 0 Å². The zero-order valence-electron chi connectivity index (χ0n) is 13.4. The van der Waals surface area contributed by atoms with Gasteiger partial charge in [-0.15, -0.1) is 0 Å². The summed E-state index contributed by atoms with van der Waals surface area (Å²) in [6.07, 6.45) is 3.43. The van der Waals surface area contributed by atoms with Crippen molar-refractivity contribution in [3.8, 4) is 0 Å². The van der Waals surface area contributed by atoms with E-state index in [1.54, 1.807) is 10.6 Å². The van der Waals surface area contributed by atoms with Crippen molar-refractivity contribution in [2.45, 2.75) is 46.1 Å². The third-order valence-electron chi connectivity index (χ3n) is 3.67. The lowest BCUT2D eigenvalue weighted by molar-refractivity contribution is -0.139. The van der Waals surface area contributed by atoms with Gasteiger partial charge in [0.15, 0.2) is 0 Å². The Morgan fingerprint density at radius 1 is 1.43 bits per heavy atom. The number of aryl methyl sites for hydroxylation is 2. The average molecular weight is 382 g/mol. The van der Waals surface area contributed by atoms with Crippen molar-refractivity contribution >= 4 is 33.5 Å². The van der Waals surface area contributed by atoms with Crippen molar-refractivity contribution < 1.29 is 14.7 Å². The zero-order valence-corrected chi connectivity index (χ0v) is 15.0. The first-order valence-electron chi connectivity index (χ1n) is 7.59. The van der Waals surface area contributed by atoms with Gasteiger partial charge in [0.25, 0.3) is 5.91 Å². The Morgan fingerprint density at radius 3 is 2.70 bits per heavy atom. The topological polar surface area (TPSA) is 83.7 Å². The molecule has 0 aliphatic rings. The molecular weight excluding hydrogens is 362 g/mol. The summed E-state index contributed by atoms with van der Waals surface area (Å²) in [6.45, 7) is 5.73. The fraction of sp³-hybridized carbons (Fsp3) is 0.438. The molecule has 0 radical (unpaired) electrons. The van der Waals surface area contributed by atoms with Crippen LogP contribution in [0.4, 0.5) is 0 Å². The normalized spacial score (nSPS) is 12.3. The average Bonchev–Trinajstić information content (AvgIpc) is 2.85. The van der Waals surface area contributed by atoms with Crippen LogP contribution in [0.3, 0.4) is 0 Å². The van der Waals surface area contributed by atoms with E-state index < -0.39 is 17.9 Å². The second-order valence-corrected chi connectivity index (χ2v) is 6.36. The van der Waals surface area contributed by atoms with Gasteiger partial charge in [0.1, 0.15) is 17.4 Å².